The molecular weight excluding hydrogens is 352 g/mol. The summed E-state index contributed by atoms with van der Waals surface area (Å²) in [5.41, 5.74) is 2.68. The average molecular weight is 375 g/mol. The number of amides is 2. The second-order valence-electron chi connectivity index (χ2n) is 6.28. The van der Waals surface area contributed by atoms with Crippen LogP contribution in [-0.2, 0) is 9.59 Å². The smallest absolute Gasteiger partial charge is 0.263 e. The van der Waals surface area contributed by atoms with Crippen molar-refractivity contribution in [1.29, 1.82) is 0 Å². The molecule has 1 N–H and O–H groups in total. The zero-order chi connectivity index (χ0) is 19.3. The lowest BCUT2D eigenvalue weighted by molar-refractivity contribution is -0.139. The Kier molecular flexibility index (Phi) is 6.64. The van der Waals surface area contributed by atoms with E-state index in [1.807, 2.05) is 38.1 Å². The van der Waals surface area contributed by atoms with Crippen LogP contribution in [0.15, 0.2) is 42.5 Å². The number of hydrogen-bond acceptors (Lipinski definition) is 3. The minimum atomic E-state index is -0.715. The summed E-state index contributed by atoms with van der Waals surface area (Å²) in [7, 11) is 1.57. The molecular formula is C20H23ClN2O3. The maximum Gasteiger partial charge on any atom is 0.263 e. The lowest BCUT2D eigenvalue weighted by Crippen LogP contribution is -2.42. The van der Waals surface area contributed by atoms with E-state index in [1.165, 1.54) is 4.90 Å². The van der Waals surface area contributed by atoms with Gasteiger partial charge in [-0.3, -0.25) is 9.59 Å². The van der Waals surface area contributed by atoms with Crippen LogP contribution in [0.2, 0.25) is 5.02 Å². The van der Waals surface area contributed by atoms with E-state index in [4.69, 9.17) is 16.3 Å². The van der Waals surface area contributed by atoms with Crippen molar-refractivity contribution in [2.45, 2.75) is 26.9 Å². The minimum Gasteiger partial charge on any atom is -0.481 e. The molecule has 0 unspecified atom stereocenters. The molecule has 0 aliphatic carbocycles. The highest BCUT2D eigenvalue weighted by atomic mass is 35.5. The molecule has 1 atom stereocenters. The largest absolute Gasteiger partial charge is 0.481 e. The number of carbonyl (C=O) groups excluding carboxylic acids is 2. The zero-order valence-electron chi connectivity index (χ0n) is 15.4. The fourth-order valence-electron chi connectivity index (χ4n) is 2.39. The first-order valence-electron chi connectivity index (χ1n) is 8.30. The van der Waals surface area contributed by atoms with Gasteiger partial charge in [0.2, 0.25) is 5.91 Å². The summed E-state index contributed by atoms with van der Waals surface area (Å²) >= 11 is 5.99. The lowest BCUT2D eigenvalue weighted by atomic mass is 10.2. The van der Waals surface area contributed by atoms with E-state index in [0.717, 1.165) is 11.1 Å². The molecule has 2 aromatic rings. The Bertz CT molecular complexity index is 790. The van der Waals surface area contributed by atoms with E-state index in [1.54, 1.807) is 32.2 Å². The number of ether oxygens (including phenoxy) is 1. The number of anilines is 1. The van der Waals surface area contributed by atoms with Crippen molar-refractivity contribution in [1.82, 2.24) is 4.90 Å². The van der Waals surface area contributed by atoms with E-state index in [0.29, 0.717) is 16.5 Å². The first-order chi connectivity index (χ1) is 12.3. The number of hydrogen-bond donors (Lipinski definition) is 1. The van der Waals surface area contributed by atoms with E-state index >= 15 is 0 Å². The fourth-order valence-corrected chi connectivity index (χ4v) is 2.50. The molecule has 0 radical (unpaired) electrons. The van der Waals surface area contributed by atoms with Crippen molar-refractivity contribution < 1.29 is 14.3 Å². The number of halogens is 1. The Morgan fingerprint density at radius 1 is 1.15 bits per heavy atom. The number of nitrogens with one attached hydrogen (secondary N) is 1. The van der Waals surface area contributed by atoms with Gasteiger partial charge in [0.05, 0.1) is 6.54 Å². The molecule has 0 aliphatic heterocycles. The lowest BCUT2D eigenvalue weighted by Gasteiger charge is -2.22. The van der Waals surface area contributed by atoms with Crippen LogP contribution in [0, 0.1) is 13.8 Å². The van der Waals surface area contributed by atoms with Gasteiger partial charge in [-0.25, -0.2) is 0 Å². The number of carbonyl (C=O) groups is 2. The molecule has 0 saturated heterocycles. The van der Waals surface area contributed by atoms with Crippen LogP contribution in [0.1, 0.15) is 18.1 Å². The summed E-state index contributed by atoms with van der Waals surface area (Å²) in [5, 5.41) is 3.41. The van der Waals surface area contributed by atoms with Crippen LogP contribution < -0.4 is 10.1 Å². The van der Waals surface area contributed by atoms with Gasteiger partial charge in [-0.2, -0.15) is 0 Å². The second-order valence-corrected chi connectivity index (χ2v) is 6.69. The first-order valence-corrected chi connectivity index (χ1v) is 8.68. The third-order valence-electron chi connectivity index (χ3n) is 3.88. The number of likely N-dealkylation sites (N-methyl/N-ethyl adjacent to an activating group) is 1. The number of rotatable bonds is 6. The van der Waals surface area contributed by atoms with Gasteiger partial charge in [0.1, 0.15) is 5.75 Å². The van der Waals surface area contributed by atoms with Crippen molar-refractivity contribution in [3.8, 4) is 5.75 Å². The summed E-state index contributed by atoms with van der Waals surface area (Å²) in [6, 6.07) is 12.7. The molecule has 6 heteroatoms. The third kappa shape index (κ3) is 5.49. The maximum absolute atomic E-state index is 12.4. The van der Waals surface area contributed by atoms with Crippen LogP contribution in [0.25, 0.3) is 0 Å². The Balaban J connectivity index is 1.89. The van der Waals surface area contributed by atoms with Crippen LogP contribution >= 0.6 is 11.6 Å². The molecule has 2 aromatic carbocycles. The average Bonchev–Trinajstić information content (AvgIpc) is 2.59. The minimum absolute atomic E-state index is 0.0555. The van der Waals surface area contributed by atoms with Crippen LogP contribution in [0.5, 0.6) is 5.75 Å². The molecule has 0 heterocycles. The highest BCUT2D eigenvalue weighted by Crippen LogP contribution is 2.22. The van der Waals surface area contributed by atoms with Gasteiger partial charge >= 0.3 is 0 Å². The quantitative estimate of drug-likeness (QED) is 0.836. The standard InChI is InChI=1S/C20H23ClN2O3/c1-13-5-7-16(8-6-13)22-19(24)12-23(4)20(25)15(3)26-17-9-10-18(21)14(2)11-17/h5-11,15H,12H2,1-4H3,(H,22,24)/t15-/m0/s1. The van der Waals surface area contributed by atoms with Crippen molar-refractivity contribution >= 4 is 29.1 Å². The van der Waals surface area contributed by atoms with Crippen molar-refractivity contribution in [3.05, 3.63) is 58.6 Å². The van der Waals surface area contributed by atoms with Gasteiger partial charge in [-0.15, -0.1) is 0 Å². The molecule has 0 saturated carbocycles. The van der Waals surface area contributed by atoms with Crippen LogP contribution in [-0.4, -0.2) is 36.4 Å². The van der Waals surface area contributed by atoms with Crippen molar-refractivity contribution in [2.24, 2.45) is 0 Å². The fraction of sp³-hybridized carbons (Fsp3) is 0.300. The molecule has 0 bridgehead atoms. The number of benzene rings is 2. The highest BCUT2D eigenvalue weighted by Gasteiger charge is 2.21. The SMILES string of the molecule is Cc1ccc(NC(=O)CN(C)C(=O)[C@H](C)Oc2ccc(Cl)c(C)c2)cc1. The third-order valence-corrected chi connectivity index (χ3v) is 4.31. The van der Waals surface area contributed by atoms with Gasteiger partial charge in [0, 0.05) is 17.8 Å². The van der Waals surface area contributed by atoms with E-state index in [-0.39, 0.29) is 18.4 Å². The molecule has 138 valence electrons. The second kappa shape index (κ2) is 8.72. The summed E-state index contributed by atoms with van der Waals surface area (Å²) < 4.78 is 5.66. The van der Waals surface area contributed by atoms with Crippen molar-refractivity contribution in [2.75, 3.05) is 18.9 Å². The van der Waals surface area contributed by atoms with E-state index < -0.39 is 6.10 Å². The van der Waals surface area contributed by atoms with Crippen molar-refractivity contribution in [3.63, 3.8) is 0 Å². The first kappa shape index (κ1) is 19.8. The molecule has 0 aliphatic rings. The monoisotopic (exact) mass is 374 g/mol. The summed E-state index contributed by atoms with van der Waals surface area (Å²) in [5.74, 6) is 0.0150. The predicted octanol–water partition coefficient (Wildman–Crippen LogP) is 3.82. The normalized spacial score (nSPS) is 11.6. The summed E-state index contributed by atoms with van der Waals surface area (Å²) in [6.07, 6.45) is -0.715. The Labute approximate surface area is 158 Å². The van der Waals surface area contributed by atoms with Gasteiger partial charge in [-0.1, -0.05) is 29.3 Å². The number of nitrogens with zero attached hydrogens (tertiary/aromatic N) is 1. The molecule has 0 aromatic heterocycles. The topological polar surface area (TPSA) is 58.6 Å². The summed E-state index contributed by atoms with van der Waals surface area (Å²) in [4.78, 5) is 25.9. The Hall–Kier alpha value is -2.53. The van der Waals surface area contributed by atoms with Gasteiger partial charge in [-0.05, 0) is 56.7 Å². The molecule has 5 nitrogen and oxygen atoms in total. The zero-order valence-corrected chi connectivity index (χ0v) is 16.1. The maximum atomic E-state index is 12.4. The summed E-state index contributed by atoms with van der Waals surface area (Å²) in [6.45, 7) is 5.44. The molecule has 0 spiro atoms. The highest BCUT2D eigenvalue weighted by molar-refractivity contribution is 6.31. The van der Waals surface area contributed by atoms with Gasteiger partial charge < -0.3 is 15.0 Å². The predicted molar refractivity (Wildman–Crippen MR) is 104 cm³/mol. The number of aryl methyl sites for hydroxylation is 2. The molecule has 0 fully saturated rings. The molecule has 2 rings (SSSR count). The van der Waals surface area contributed by atoms with E-state index in [9.17, 15) is 9.59 Å². The molecule has 2 amide bonds. The van der Waals surface area contributed by atoms with Crippen LogP contribution in [0.4, 0.5) is 5.69 Å². The van der Waals surface area contributed by atoms with Gasteiger partial charge in [0.15, 0.2) is 6.10 Å². The van der Waals surface area contributed by atoms with Crippen LogP contribution in [0.3, 0.4) is 0 Å². The Morgan fingerprint density at radius 3 is 2.42 bits per heavy atom. The van der Waals surface area contributed by atoms with Gasteiger partial charge in [0.25, 0.3) is 5.91 Å². The Morgan fingerprint density at radius 2 is 1.81 bits per heavy atom. The molecule has 26 heavy (non-hydrogen) atoms. The van der Waals surface area contributed by atoms with E-state index in [2.05, 4.69) is 5.32 Å².